The first kappa shape index (κ1) is 19.8. The smallest absolute Gasteiger partial charge is 0.381 e. The van der Waals surface area contributed by atoms with Gasteiger partial charge in [-0.1, -0.05) is 29.9 Å². The van der Waals surface area contributed by atoms with E-state index in [1.807, 2.05) is 26.8 Å². The Hall–Kier alpha value is -1.24. The number of hydrogen-bond donors (Lipinski definition) is 0. The van der Waals surface area contributed by atoms with Crippen LogP contribution in [0, 0.1) is 0 Å². The van der Waals surface area contributed by atoms with Crippen molar-refractivity contribution in [3.05, 3.63) is 35.6 Å². The van der Waals surface area contributed by atoms with Gasteiger partial charge >= 0.3 is 15.6 Å². The fourth-order valence-electron chi connectivity index (χ4n) is 1.41. The molecule has 0 aromatic rings. The van der Waals surface area contributed by atoms with Crippen LogP contribution in [0.5, 0.6) is 0 Å². The Morgan fingerprint density at radius 1 is 1.10 bits per heavy atom. The average Bonchev–Trinajstić information content (AvgIpc) is 2.25. The number of halogens is 3. The Balaban J connectivity index is 4.24. The van der Waals surface area contributed by atoms with E-state index in [0.29, 0.717) is 6.42 Å². The van der Waals surface area contributed by atoms with Gasteiger partial charge in [0.05, 0.1) is 0 Å². The van der Waals surface area contributed by atoms with Gasteiger partial charge in [-0.3, -0.25) is 0 Å². The first-order valence-electron chi connectivity index (χ1n) is 6.43. The van der Waals surface area contributed by atoms with E-state index in [2.05, 4.69) is 16.8 Å². The topological polar surface area (TPSA) is 43.4 Å². The van der Waals surface area contributed by atoms with Gasteiger partial charge < -0.3 is 4.18 Å². The standard InChI is InChI=1S/C14H21F3O3S/c1-11(2)7-5-8-12(3)9-6-10-13(4)20-21(18,19)14(15,16)17/h7,9H,4-6,8,10H2,1-3H3/b12-9+. The fraction of sp³-hybridized carbons (Fsp3) is 0.571. The molecule has 0 heterocycles. The number of hydrogen-bond acceptors (Lipinski definition) is 3. The zero-order valence-corrected chi connectivity index (χ0v) is 13.3. The summed E-state index contributed by atoms with van der Waals surface area (Å²) in [5.41, 5.74) is -3.12. The molecule has 0 bridgehead atoms. The minimum Gasteiger partial charge on any atom is -0.381 e. The van der Waals surface area contributed by atoms with Crippen LogP contribution in [0.15, 0.2) is 35.6 Å². The molecule has 0 aromatic heterocycles. The van der Waals surface area contributed by atoms with Crippen LogP contribution in [0.3, 0.4) is 0 Å². The van der Waals surface area contributed by atoms with Gasteiger partial charge in [0.25, 0.3) is 0 Å². The van der Waals surface area contributed by atoms with Crippen LogP contribution in [-0.2, 0) is 14.3 Å². The van der Waals surface area contributed by atoms with Crippen molar-refractivity contribution in [2.24, 2.45) is 0 Å². The lowest BCUT2D eigenvalue weighted by Crippen LogP contribution is -2.25. The molecule has 0 fully saturated rings. The van der Waals surface area contributed by atoms with Crippen LogP contribution in [0.1, 0.15) is 46.5 Å². The maximum absolute atomic E-state index is 12.1. The predicted octanol–water partition coefficient (Wildman–Crippen LogP) is 4.84. The molecule has 21 heavy (non-hydrogen) atoms. The fourth-order valence-corrected chi connectivity index (χ4v) is 1.90. The third-order valence-corrected chi connectivity index (χ3v) is 3.54. The van der Waals surface area contributed by atoms with E-state index in [1.165, 1.54) is 5.57 Å². The second kappa shape index (κ2) is 8.26. The van der Waals surface area contributed by atoms with Crippen LogP contribution in [0.25, 0.3) is 0 Å². The summed E-state index contributed by atoms with van der Waals surface area (Å²) in [6.45, 7) is 9.11. The molecule has 0 N–H and O–H groups in total. The molecule has 7 heteroatoms. The SMILES string of the molecule is C=C(CC/C=C(\C)CCC=C(C)C)OS(=O)(=O)C(F)(F)F. The van der Waals surface area contributed by atoms with Gasteiger partial charge in [-0.25, -0.2) is 0 Å². The third-order valence-electron chi connectivity index (χ3n) is 2.52. The van der Waals surface area contributed by atoms with Crippen molar-refractivity contribution >= 4 is 10.1 Å². The molecule has 0 rings (SSSR count). The lowest BCUT2D eigenvalue weighted by Gasteiger charge is -2.10. The summed E-state index contributed by atoms with van der Waals surface area (Å²) in [5, 5.41) is 0. The van der Waals surface area contributed by atoms with Gasteiger partial charge in [-0.15, -0.1) is 0 Å². The minimum absolute atomic E-state index is 0.0231. The number of alkyl halides is 3. The van der Waals surface area contributed by atoms with Gasteiger partial charge in [0.1, 0.15) is 5.76 Å². The van der Waals surface area contributed by atoms with Crippen LogP contribution in [0.2, 0.25) is 0 Å². The van der Waals surface area contributed by atoms with E-state index in [-0.39, 0.29) is 6.42 Å². The van der Waals surface area contributed by atoms with E-state index in [4.69, 9.17) is 0 Å². The van der Waals surface area contributed by atoms with E-state index in [1.54, 1.807) is 0 Å². The predicted molar refractivity (Wildman–Crippen MR) is 76.9 cm³/mol. The van der Waals surface area contributed by atoms with Crippen molar-refractivity contribution in [2.45, 2.75) is 52.0 Å². The molecule has 122 valence electrons. The molecule has 0 unspecified atom stereocenters. The molecule has 3 nitrogen and oxygen atoms in total. The molecule has 0 aliphatic carbocycles. The molecule has 0 radical (unpaired) electrons. The Morgan fingerprint density at radius 2 is 1.62 bits per heavy atom. The molecule has 0 aliphatic rings. The van der Waals surface area contributed by atoms with Crippen molar-refractivity contribution in [3.63, 3.8) is 0 Å². The highest BCUT2D eigenvalue weighted by Crippen LogP contribution is 2.27. The summed E-state index contributed by atoms with van der Waals surface area (Å²) in [6.07, 6.45) is 6.08. The summed E-state index contributed by atoms with van der Waals surface area (Å²) in [4.78, 5) is 0. The zero-order chi connectivity index (χ0) is 16.7. The summed E-state index contributed by atoms with van der Waals surface area (Å²) >= 11 is 0. The molecule has 0 spiro atoms. The molecule has 0 aliphatic heterocycles. The second-order valence-corrected chi connectivity index (χ2v) is 6.47. The van der Waals surface area contributed by atoms with Gasteiger partial charge in [0, 0.05) is 6.42 Å². The lowest BCUT2D eigenvalue weighted by atomic mass is 10.1. The van der Waals surface area contributed by atoms with Gasteiger partial charge in [-0.2, -0.15) is 21.6 Å². The summed E-state index contributed by atoms with van der Waals surface area (Å²) in [5.74, 6) is -0.416. The van der Waals surface area contributed by atoms with Crippen molar-refractivity contribution in [3.8, 4) is 0 Å². The Kier molecular flexibility index (Phi) is 7.78. The van der Waals surface area contributed by atoms with Crippen molar-refractivity contribution in [1.82, 2.24) is 0 Å². The van der Waals surface area contributed by atoms with E-state index in [0.717, 1.165) is 18.4 Å². The van der Waals surface area contributed by atoms with E-state index in [9.17, 15) is 21.6 Å². The van der Waals surface area contributed by atoms with Crippen LogP contribution < -0.4 is 0 Å². The number of rotatable bonds is 8. The first-order chi connectivity index (χ1) is 9.45. The molecule has 0 atom stereocenters. The van der Waals surface area contributed by atoms with Crippen LogP contribution in [-0.4, -0.2) is 13.9 Å². The summed E-state index contributed by atoms with van der Waals surface area (Å²) < 4.78 is 61.6. The van der Waals surface area contributed by atoms with Gasteiger partial charge in [0.15, 0.2) is 0 Å². The first-order valence-corrected chi connectivity index (χ1v) is 7.84. The molecular formula is C14H21F3O3S. The third kappa shape index (κ3) is 8.60. The van der Waals surface area contributed by atoms with Crippen molar-refractivity contribution < 1.29 is 25.8 Å². The molecular weight excluding hydrogens is 305 g/mol. The quantitative estimate of drug-likeness (QED) is 0.277. The number of allylic oxidation sites excluding steroid dienone is 5. The van der Waals surface area contributed by atoms with Crippen molar-refractivity contribution in [2.75, 3.05) is 0 Å². The van der Waals surface area contributed by atoms with Gasteiger partial charge in [-0.05, 0) is 40.0 Å². The highest BCUT2D eigenvalue weighted by molar-refractivity contribution is 7.87. The minimum atomic E-state index is -5.60. The van der Waals surface area contributed by atoms with Crippen molar-refractivity contribution in [1.29, 1.82) is 0 Å². The maximum atomic E-state index is 12.1. The zero-order valence-electron chi connectivity index (χ0n) is 12.5. The lowest BCUT2D eigenvalue weighted by molar-refractivity contribution is -0.0523. The normalized spacial score (nSPS) is 13.0. The van der Waals surface area contributed by atoms with Gasteiger partial charge in [0.2, 0.25) is 0 Å². The monoisotopic (exact) mass is 326 g/mol. The Labute approximate surface area is 124 Å². The highest BCUT2D eigenvalue weighted by atomic mass is 32.2. The van der Waals surface area contributed by atoms with E-state index >= 15 is 0 Å². The largest absolute Gasteiger partial charge is 0.534 e. The molecule has 0 saturated carbocycles. The molecule has 0 aromatic carbocycles. The van der Waals surface area contributed by atoms with Crippen LogP contribution >= 0.6 is 0 Å². The average molecular weight is 326 g/mol. The molecule has 0 saturated heterocycles. The second-order valence-electron chi connectivity index (χ2n) is 4.93. The van der Waals surface area contributed by atoms with E-state index < -0.39 is 21.4 Å². The Bertz CT molecular complexity index is 510. The summed E-state index contributed by atoms with van der Waals surface area (Å²) in [6, 6.07) is 0. The Morgan fingerprint density at radius 3 is 2.10 bits per heavy atom. The van der Waals surface area contributed by atoms with Crippen LogP contribution in [0.4, 0.5) is 13.2 Å². The summed E-state index contributed by atoms with van der Waals surface area (Å²) in [7, 11) is -5.60. The molecule has 0 amide bonds. The highest BCUT2D eigenvalue weighted by Gasteiger charge is 2.48. The maximum Gasteiger partial charge on any atom is 0.534 e.